The van der Waals surface area contributed by atoms with Gasteiger partial charge in [0.2, 0.25) is 5.91 Å². The third-order valence-corrected chi connectivity index (χ3v) is 4.10. The molecule has 2 aliphatic rings. The second-order valence-electron chi connectivity index (χ2n) is 5.09. The van der Waals surface area contributed by atoms with E-state index in [0.717, 1.165) is 12.8 Å². The Morgan fingerprint density at radius 2 is 1.94 bits per heavy atom. The minimum Gasteiger partial charge on any atom is -0.349 e. The molecule has 1 aliphatic heterocycles. The van der Waals surface area contributed by atoms with Gasteiger partial charge in [-0.05, 0) is 18.4 Å². The number of β-lactam (4-membered cyclic amide) rings is 1. The Bertz CT molecular complexity index is 390. The average Bonchev–Trinajstić information content (AvgIpc) is 2.29. The monoisotopic (exact) mass is 215 g/mol. The van der Waals surface area contributed by atoms with E-state index in [-0.39, 0.29) is 11.4 Å². The highest BCUT2D eigenvalue weighted by atomic mass is 16.2. The maximum Gasteiger partial charge on any atom is 0.222 e. The first-order chi connectivity index (χ1) is 7.80. The quantitative estimate of drug-likeness (QED) is 0.717. The largest absolute Gasteiger partial charge is 0.349 e. The smallest absolute Gasteiger partial charge is 0.222 e. The second kappa shape index (κ2) is 3.62. The minimum atomic E-state index is 0.0939. The number of amides is 1. The van der Waals surface area contributed by atoms with Crippen molar-refractivity contribution in [3.05, 3.63) is 35.9 Å². The number of carbonyl (C=O) groups is 1. The molecule has 1 spiro atoms. The molecule has 1 saturated carbocycles. The van der Waals surface area contributed by atoms with E-state index in [9.17, 15) is 4.79 Å². The fraction of sp³-hybridized carbons (Fsp3) is 0.500. The Morgan fingerprint density at radius 3 is 2.62 bits per heavy atom. The van der Waals surface area contributed by atoms with Gasteiger partial charge in [-0.3, -0.25) is 4.79 Å². The molecule has 3 rings (SSSR count). The Hall–Kier alpha value is -1.31. The summed E-state index contributed by atoms with van der Waals surface area (Å²) in [5, 5.41) is 3.17. The summed E-state index contributed by atoms with van der Waals surface area (Å²) in [4.78, 5) is 11.2. The van der Waals surface area contributed by atoms with Gasteiger partial charge < -0.3 is 5.32 Å². The molecule has 1 N–H and O–H groups in total. The molecule has 2 fully saturated rings. The summed E-state index contributed by atoms with van der Waals surface area (Å²) in [5.41, 5.74) is 1.48. The van der Waals surface area contributed by atoms with Crippen LogP contribution < -0.4 is 5.32 Å². The molecule has 0 bridgehead atoms. The fourth-order valence-corrected chi connectivity index (χ4v) is 3.32. The van der Waals surface area contributed by atoms with Gasteiger partial charge in [0.1, 0.15) is 0 Å². The van der Waals surface area contributed by atoms with Crippen LogP contribution in [-0.4, -0.2) is 11.4 Å². The second-order valence-corrected chi connectivity index (χ2v) is 5.09. The topological polar surface area (TPSA) is 29.1 Å². The van der Waals surface area contributed by atoms with E-state index in [1.165, 1.54) is 24.8 Å². The number of rotatable bonds is 1. The molecule has 1 aliphatic carbocycles. The zero-order valence-electron chi connectivity index (χ0n) is 9.41. The third-order valence-electron chi connectivity index (χ3n) is 4.10. The summed E-state index contributed by atoms with van der Waals surface area (Å²) < 4.78 is 0. The minimum absolute atomic E-state index is 0.0939. The molecule has 1 amide bonds. The fourth-order valence-electron chi connectivity index (χ4n) is 3.32. The molecule has 84 valence electrons. The average molecular weight is 215 g/mol. The van der Waals surface area contributed by atoms with Gasteiger partial charge in [0.25, 0.3) is 0 Å². The van der Waals surface area contributed by atoms with Crippen LogP contribution in [0.25, 0.3) is 0 Å². The van der Waals surface area contributed by atoms with Crippen molar-refractivity contribution in [3.63, 3.8) is 0 Å². The predicted octanol–water partition coefficient (Wildman–Crippen LogP) is 2.60. The first-order valence-electron chi connectivity index (χ1n) is 6.16. The van der Waals surface area contributed by atoms with Crippen LogP contribution >= 0.6 is 0 Å². The molecular formula is C14H17NO. The predicted molar refractivity (Wildman–Crippen MR) is 63.1 cm³/mol. The molecule has 2 unspecified atom stereocenters. The molecule has 0 radical (unpaired) electrons. The van der Waals surface area contributed by atoms with E-state index in [2.05, 4.69) is 35.6 Å². The Morgan fingerprint density at radius 1 is 1.19 bits per heavy atom. The molecule has 2 atom stereocenters. The maximum absolute atomic E-state index is 11.2. The highest BCUT2D eigenvalue weighted by Gasteiger charge is 2.50. The van der Waals surface area contributed by atoms with Crippen molar-refractivity contribution in [1.29, 1.82) is 0 Å². The summed E-state index contributed by atoms with van der Waals surface area (Å²) in [6, 6.07) is 10.6. The normalized spacial score (nSPS) is 33.2. The maximum atomic E-state index is 11.2. The van der Waals surface area contributed by atoms with Crippen molar-refractivity contribution >= 4 is 5.91 Å². The lowest BCUT2D eigenvalue weighted by Gasteiger charge is -2.51. The van der Waals surface area contributed by atoms with E-state index in [1.807, 2.05) is 0 Å². The van der Waals surface area contributed by atoms with Crippen molar-refractivity contribution in [2.45, 2.75) is 43.6 Å². The van der Waals surface area contributed by atoms with Gasteiger partial charge in [0.15, 0.2) is 0 Å². The van der Waals surface area contributed by atoms with Crippen LogP contribution in [0.2, 0.25) is 0 Å². The number of carbonyl (C=O) groups excluding carboxylic acids is 1. The molecule has 1 aromatic rings. The third kappa shape index (κ3) is 1.44. The first kappa shape index (κ1) is 9.88. The Balaban J connectivity index is 1.90. The molecule has 1 saturated heterocycles. The van der Waals surface area contributed by atoms with E-state index >= 15 is 0 Å². The lowest BCUT2D eigenvalue weighted by Crippen LogP contribution is -2.65. The highest BCUT2D eigenvalue weighted by molar-refractivity contribution is 5.85. The van der Waals surface area contributed by atoms with Gasteiger partial charge in [0, 0.05) is 5.92 Å². The summed E-state index contributed by atoms with van der Waals surface area (Å²) in [6.07, 6.45) is 5.63. The van der Waals surface area contributed by atoms with Crippen molar-refractivity contribution in [1.82, 2.24) is 5.32 Å². The number of nitrogens with one attached hydrogen (secondary N) is 1. The van der Waals surface area contributed by atoms with Crippen molar-refractivity contribution in [3.8, 4) is 0 Å². The lowest BCUT2D eigenvalue weighted by atomic mass is 9.64. The Labute approximate surface area is 96.1 Å². The van der Waals surface area contributed by atoms with Gasteiger partial charge >= 0.3 is 0 Å². The van der Waals surface area contributed by atoms with E-state index in [4.69, 9.17) is 0 Å². The lowest BCUT2D eigenvalue weighted by molar-refractivity contribution is -0.135. The molecule has 16 heavy (non-hydrogen) atoms. The summed E-state index contributed by atoms with van der Waals surface area (Å²) in [7, 11) is 0. The summed E-state index contributed by atoms with van der Waals surface area (Å²) in [5.74, 6) is 0.753. The molecule has 0 aromatic heterocycles. The van der Waals surface area contributed by atoms with Crippen LogP contribution in [0.15, 0.2) is 30.3 Å². The summed E-state index contributed by atoms with van der Waals surface area (Å²) in [6.45, 7) is 0. The van der Waals surface area contributed by atoms with Gasteiger partial charge in [-0.1, -0.05) is 43.2 Å². The molecule has 1 heterocycles. The van der Waals surface area contributed by atoms with Crippen molar-refractivity contribution in [2.24, 2.45) is 0 Å². The Kier molecular flexibility index (Phi) is 2.23. The number of hydrogen-bond acceptors (Lipinski definition) is 1. The van der Waals surface area contributed by atoms with Gasteiger partial charge in [0.05, 0.1) is 12.0 Å². The highest BCUT2D eigenvalue weighted by Crippen LogP contribution is 2.46. The standard InChI is InChI=1S/C14H17NO/c16-13-10-14(15-13)9-5-4-8-12(14)11-6-2-1-3-7-11/h1-3,6-7,12H,4-5,8-10H2,(H,15,16). The van der Waals surface area contributed by atoms with Gasteiger partial charge in [-0.15, -0.1) is 0 Å². The first-order valence-corrected chi connectivity index (χ1v) is 6.16. The van der Waals surface area contributed by atoms with Crippen molar-refractivity contribution < 1.29 is 4.79 Å². The zero-order chi connectivity index (χ0) is 11.0. The van der Waals surface area contributed by atoms with Crippen LogP contribution in [-0.2, 0) is 4.79 Å². The molecular weight excluding hydrogens is 198 g/mol. The molecule has 1 aromatic carbocycles. The van der Waals surface area contributed by atoms with Crippen LogP contribution in [0.3, 0.4) is 0 Å². The van der Waals surface area contributed by atoms with E-state index in [1.54, 1.807) is 0 Å². The number of hydrogen-bond donors (Lipinski definition) is 1. The van der Waals surface area contributed by atoms with Gasteiger partial charge in [-0.25, -0.2) is 0 Å². The van der Waals surface area contributed by atoms with Crippen LogP contribution in [0.1, 0.15) is 43.6 Å². The SMILES string of the molecule is O=C1CC2(CCCCC2c2ccccc2)N1. The summed E-state index contributed by atoms with van der Waals surface area (Å²) >= 11 is 0. The van der Waals surface area contributed by atoms with Crippen LogP contribution in [0, 0.1) is 0 Å². The zero-order valence-corrected chi connectivity index (χ0v) is 9.41. The van der Waals surface area contributed by atoms with E-state index < -0.39 is 0 Å². The van der Waals surface area contributed by atoms with Crippen LogP contribution in [0.4, 0.5) is 0 Å². The van der Waals surface area contributed by atoms with Crippen molar-refractivity contribution in [2.75, 3.05) is 0 Å². The molecule has 2 heteroatoms. The molecule has 2 nitrogen and oxygen atoms in total. The van der Waals surface area contributed by atoms with E-state index in [0.29, 0.717) is 5.92 Å². The number of benzene rings is 1. The van der Waals surface area contributed by atoms with Crippen LogP contribution in [0.5, 0.6) is 0 Å². The van der Waals surface area contributed by atoms with Gasteiger partial charge in [-0.2, -0.15) is 0 Å².